The number of aryl methyl sites for hydroxylation is 2. The van der Waals surface area contributed by atoms with Crippen molar-refractivity contribution in [3.63, 3.8) is 0 Å². The Kier molecular flexibility index (Phi) is 2.97. The third-order valence-electron chi connectivity index (χ3n) is 3.26. The molecule has 1 unspecified atom stereocenters. The van der Waals surface area contributed by atoms with E-state index in [4.69, 9.17) is 4.74 Å². The van der Waals surface area contributed by atoms with Crippen LogP contribution in [0.5, 0.6) is 0 Å². The van der Waals surface area contributed by atoms with Crippen molar-refractivity contribution in [1.82, 2.24) is 5.32 Å². The van der Waals surface area contributed by atoms with Gasteiger partial charge in [-0.1, -0.05) is 6.07 Å². The van der Waals surface area contributed by atoms with Crippen molar-refractivity contribution in [2.24, 2.45) is 0 Å². The van der Waals surface area contributed by atoms with Gasteiger partial charge in [-0.25, -0.2) is 4.79 Å². The van der Waals surface area contributed by atoms with Gasteiger partial charge < -0.3 is 10.1 Å². The second-order valence-corrected chi connectivity index (χ2v) is 5.63. The number of amides is 1. The summed E-state index contributed by atoms with van der Waals surface area (Å²) in [6, 6.07) is 6.88. The van der Waals surface area contributed by atoms with Crippen LogP contribution in [0.4, 0.5) is 4.79 Å². The minimum atomic E-state index is -0.287. The molecule has 1 aliphatic heterocycles. The van der Waals surface area contributed by atoms with E-state index in [-0.39, 0.29) is 12.1 Å². The second-order valence-electron chi connectivity index (χ2n) is 4.53. The number of fused-ring (bicyclic) bond motifs is 1. The lowest BCUT2D eigenvalue weighted by Crippen LogP contribution is -2.28. The van der Waals surface area contributed by atoms with E-state index in [0.29, 0.717) is 6.61 Å². The van der Waals surface area contributed by atoms with Gasteiger partial charge >= 0.3 is 6.09 Å². The van der Waals surface area contributed by atoms with Gasteiger partial charge in [0.15, 0.2) is 0 Å². The Bertz CT molecular complexity index is 447. The number of hydrogen-bond donors (Lipinski definition) is 1. The molecule has 3 nitrogen and oxygen atoms in total. The van der Waals surface area contributed by atoms with Gasteiger partial charge in [-0.05, 0) is 42.5 Å². The third-order valence-corrected chi connectivity index (χ3v) is 4.42. The quantitative estimate of drug-likeness (QED) is 0.836. The van der Waals surface area contributed by atoms with E-state index in [9.17, 15) is 4.79 Å². The summed E-state index contributed by atoms with van der Waals surface area (Å²) in [5.74, 6) is 0.879. The maximum absolute atomic E-state index is 10.9. The summed E-state index contributed by atoms with van der Waals surface area (Å²) in [5.41, 5.74) is 3.01. The molecule has 90 valence electrons. The van der Waals surface area contributed by atoms with Crippen molar-refractivity contribution in [3.05, 3.63) is 29.3 Å². The molecule has 4 heteroatoms. The molecule has 1 aromatic carbocycles. The SMILES string of the molecule is O=C1NC(CSc2ccc3c(c2)CCC3)CO1. The number of carbonyl (C=O) groups excluding carboxylic acids is 1. The van der Waals surface area contributed by atoms with Crippen LogP contribution in [0.15, 0.2) is 23.1 Å². The van der Waals surface area contributed by atoms with Gasteiger partial charge in [0, 0.05) is 10.6 Å². The second kappa shape index (κ2) is 4.61. The number of benzene rings is 1. The van der Waals surface area contributed by atoms with Gasteiger partial charge in [0.2, 0.25) is 0 Å². The molecule has 0 aromatic heterocycles. The lowest BCUT2D eigenvalue weighted by molar-refractivity contribution is 0.177. The molecule has 1 heterocycles. The first kappa shape index (κ1) is 11.0. The monoisotopic (exact) mass is 249 g/mol. The van der Waals surface area contributed by atoms with Gasteiger partial charge in [0.1, 0.15) is 6.61 Å². The number of hydrogen-bond acceptors (Lipinski definition) is 3. The molecule has 3 rings (SSSR count). The Morgan fingerprint density at radius 2 is 2.24 bits per heavy atom. The van der Waals surface area contributed by atoms with Crippen molar-refractivity contribution in [3.8, 4) is 0 Å². The number of thioether (sulfide) groups is 1. The molecule has 1 aromatic rings. The highest BCUT2D eigenvalue weighted by atomic mass is 32.2. The van der Waals surface area contributed by atoms with Crippen LogP contribution >= 0.6 is 11.8 Å². The standard InChI is InChI=1S/C13H15NO2S/c15-13-14-11(7-16-13)8-17-12-5-4-9-2-1-3-10(9)6-12/h4-6,11H,1-3,7-8H2,(H,14,15). The molecular weight excluding hydrogens is 234 g/mol. The number of carbonyl (C=O) groups is 1. The summed E-state index contributed by atoms with van der Waals surface area (Å²) in [4.78, 5) is 12.2. The van der Waals surface area contributed by atoms with E-state index in [2.05, 4.69) is 23.5 Å². The molecule has 0 saturated carbocycles. The maximum atomic E-state index is 10.9. The molecule has 0 radical (unpaired) electrons. The molecule has 1 aliphatic carbocycles. The lowest BCUT2D eigenvalue weighted by atomic mass is 10.1. The summed E-state index contributed by atoms with van der Waals surface area (Å²) >= 11 is 1.79. The Morgan fingerprint density at radius 1 is 1.35 bits per heavy atom. The van der Waals surface area contributed by atoms with E-state index in [1.807, 2.05) is 0 Å². The van der Waals surface area contributed by atoms with E-state index < -0.39 is 0 Å². The molecule has 0 spiro atoms. The number of cyclic esters (lactones) is 1. The first-order valence-electron chi connectivity index (χ1n) is 5.99. The highest BCUT2D eigenvalue weighted by Crippen LogP contribution is 2.28. The van der Waals surface area contributed by atoms with Crippen LogP contribution in [-0.4, -0.2) is 24.5 Å². The summed E-state index contributed by atoms with van der Waals surface area (Å²) < 4.78 is 4.86. The summed E-state index contributed by atoms with van der Waals surface area (Å²) in [5, 5.41) is 2.79. The van der Waals surface area contributed by atoms with E-state index in [1.165, 1.54) is 35.3 Å². The number of rotatable bonds is 3. The van der Waals surface area contributed by atoms with Crippen LogP contribution in [0.3, 0.4) is 0 Å². The zero-order valence-corrected chi connectivity index (χ0v) is 10.4. The fourth-order valence-electron chi connectivity index (χ4n) is 2.35. The van der Waals surface area contributed by atoms with Crippen molar-refractivity contribution < 1.29 is 9.53 Å². The van der Waals surface area contributed by atoms with Crippen LogP contribution in [-0.2, 0) is 17.6 Å². The molecule has 2 aliphatic rings. The van der Waals surface area contributed by atoms with Crippen LogP contribution in [0, 0.1) is 0 Å². The summed E-state index contributed by atoms with van der Waals surface area (Å²) in [6.07, 6.45) is 3.44. The minimum Gasteiger partial charge on any atom is -0.447 e. The molecule has 1 N–H and O–H groups in total. The largest absolute Gasteiger partial charge is 0.447 e. The fourth-order valence-corrected chi connectivity index (χ4v) is 3.31. The number of nitrogens with one attached hydrogen (secondary N) is 1. The molecule has 1 fully saturated rings. The van der Waals surface area contributed by atoms with Crippen molar-refractivity contribution in [2.45, 2.75) is 30.2 Å². The molecule has 1 atom stereocenters. The Morgan fingerprint density at radius 3 is 3.06 bits per heavy atom. The first-order valence-corrected chi connectivity index (χ1v) is 6.98. The van der Waals surface area contributed by atoms with Gasteiger partial charge in [-0.2, -0.15) is 0 Å². The molecule has 1 saturated heterocycles. The summed E-state index contributed by atoms with van der Waals surface area (Å²) in [7, 11) is 0. The highest BCUT2D eigenvalue weighted by Gasteiger charge is 2.22. The van der Waals surface area contributed by atoms with Gasteiger partial charge in [-0.15, -0.1) is 11.8 Å². The number of alkyl carbamates (subject to hydrolysis) is 1. The van der Waals surface area contributed by atoms with E-state index in [1.54, 1.807) is 11.8 Å². The third kappa shape index (κ3) is 2.41. The van der Waals surface area contributed by atoms with E-state index >= 15 is 0 Å². The van der Waals surface area contributed by atoms with Crippen molar-refractivity contribution in [2.75, 3.05) is 12.4 Å². The van der Waals surface area contributed by atoms with Crippen LogP contribution in [0.25, 0.3) is 0 Å². The molecule has 17 heavy (non-hydrogen) atoms. The fraction of sp³-hybridized carbons (Fsp3) is 0.462. The predicted molar refractivity (Wildman–Crippen MR) is 67.5 cm³/mol. The van der Waals surface area contributed by atoms with Crippen LogP contribution < -0.4 is 5.32 Å². The Hall–Kier alpha value is -1.16. The smallest absolute Gasteiger partial charge is 0.407 e. The highest BCUT2D eigenvalue weighted by molar-refractivity contribution is 7.99. The summed E-state index contributed by atoms with van der Waals surface area (Å²) in [6.45, 7) is 0.497. The normalized spacial score (nSPS) is 22.1. The average molecular weight is 249 g/mol. The van der Waals surface area contributed by atoms with Crippen molar-refractivity contribution in [1.29, 1.82) is 0 Å². The number of ether oxygens (including phenoxy) is 1. The van der Waals surface area contributed by atoms with E-state index in [0.717, 1.165) is 5.75 Å². The van der Waals surface area contributed by atoms with Crippen molar-refractivity contribution >= 4 is 17.9 Å². The van der Waals surface area contributed by atoms with Crippen LogP contribution in [0.1, 0.15) is 17.5 Å². The maximum Gasteiger partial charge on any atom is 0.407 e. The Balaban J connectivity index is 1.60. The molecule has 1 amide bonds. The average Bonchev–Trinajstić information content (AvgIpc) is 2.94. The lowest BCUT2D eigenvalue weighted by Gasteiger charge is -2.08. The zero-order valence-electron chi connectivity index (χ0n) is 9.57. The first-order chi connectivity index (χ1) is 8.31. The predicted octanol–water partition coefficient (Wildman–Crippen LogP) is 2.38. The van der Waals surface area contributed by atoms with Gasteiger partial charge in [0.25, 0.3) is 0 Å². The Labute approximate surface area is 105 Å². The molecule has 0 bridgehead atoms. The topological polar surface area (TPSA) is 38.3 Å². The van der Waals surface area contributed by atoms with Gasteiger partial charge in [0.05, 0.1) is 6.04 Å². The minimum absolute atomic E-state index is 0.153. The van der Waals surface area contributed by atoms with Crippen LogP contribution in [0.2, 0.25) is 0 Å². The zero-order chi connectivity index (χ0) is 11.7. The van der Waals surface area contributed by atoms with Gasteiger partial charge in [-0.3, -0.25) is 0 Å². The molecular formula is C13H15NO2S.